The fourth-order valence-corrected chi connectivity index (χ4v) is 5.38. The van der Waals surface area contributed by atoms with Crippen LogP contribution in [0.1, 0.15) is 30.5 Å². The Labute approximate surface area is 255 Å². The Kier molecular flexibility index (Phi) is 8.33. The third-order valence-electron chi connectivity index (χ3n) is 7.01. The lowest BCUT2D eigenvalue weighted by Crippen LogP contribution is -2.29. The predicted molar refractivity (Wildman–Crippen MR) is 170 cm³/mol. The first kappa shape index (κ1) is 28.0. The standard InChI is InChI=1S/C34H30N4O4S/c1-2-40-27-17-11-23(12-18-27)29-19-20-30(42-29)33-32(28-10-6-7-21-35-28)37-34(43)38(33)25-15-13-24(14-16-25)36-31(39)22-41-26-8-4-3-5-9-26/h3-21,32-33H,2,22H2,1H3,(H,36,39)(H,37,43). The first-order valence-electron chi connectivity index (χ1n) is 14.0. The van der Waals surface area contributed by atoms with Crippen molar-refractivity contribution in [2.75, 3.05) is 23.4 Å². The van der Waals surface area contributed by atoms with Crippen LogP contribution < -0.4 is 25.0 Å². The smallest absolute Gasteiger partial charge is 0.262 e. The first-order valence-corrected chi connectivity index (χ1v) is 14.4. The maximum absolute atomic E-state index is 12.5. The monoisotopic (exact) mass is 590 g/mol. The van der Waals surface area contributed by atoms with Crippen LogP contribution in [0.4, 0.5) is 11.4 Å². The minimum Gasteiger partial charge on any atom is -0.494 e. The normalized spacial score (nSPS) is 16.0. The number of para-hydroxylation sites is 1. The van der Waals surface area contributed by atoms with E-state index in [1.54, 1.807) is 6.20 Å². The fourth-order valence-electron chi connectivity index (χ4n) is 5.04. The van der Waals surface area contributed by atoms with Crippen LogP contribution in [0.25, 0.3) is 11.3 Å². The maximum Gasteiger partial charge on any atom is 0.262 e. The molecule has 0 aliphatic carbocycles. The van der Waals surface area contributed by atoms with Crippen molar-refractivity contribution in [2.45, 2.75) is 19.0 Å². The molecule has 6 rings (SSSR count). The number of rotatable bonds is 10. The van der Waals surface area contributed by atoms with Gasteiger partial charge in [-0.2, -0.15) is 0 Å². The van der Waals surface area contributed by atoms with Gasteiger partial charge in [-0.25, -0.2) is 0 Å². The van der Waals surface area contributed by atoms with Crippen LogP contribution in [0.5, 0.6) is 11.5 Å². The molecule has 1 aliphatic rings. The Hall–Kier alpha value is -5.15. The van der Waals surface area contributed by atoms with Crippen molar-refractivity contribution >= 4 is 34.6 Å². The van der Waals surface area contributed by atoms with Gasteiger partial charge in [0.15, 0.2) is 11.7 Å². The Bertz CT molecular complexity index is 1680. The van der Waals surface area contributed by atoms with Crippen molar-refractivity contribution in [3.63, 3.8) is 0 Å². The lowest BCUT2D eigenvalue weighted by molar-refractivity contribution is -0.118. The van der Waals surface area contributed by atoms with Gasteiger partial charge in [-0.15, -0.1) is 0 Å². The molecule has 2 N–H and O–H groups in total. The van der Waals surface area contributed by atoms with Gasteiger partial charge in [0, 0.05) is 23.1 Å². The molecule has 216 valence electrons. The van der Waals surface area contributed by atoms with Gasteiger partial charge in [0.05, 0.1) is 18.3 Å². The highest BCUT2D eigenvalue weighted by atomic mass is 32.1. The van der Waals surface area contributed by atoms with E-state index >= 15 is 0 Å². The second-order valence-corrected chi connectivity index (χ2v) is 10.2. The Morgan fingerprint density at radius 2 is 1.65 bits per heavy atom. The predicted octanol–water partition coefficient (Wildman–Crippen LogP) is 6.93. The van der Waals surface area contributed by atoms with Crippen LogP contribution in [0, 0.1) is 0 Å². The third-order valence-corrected chi connectivity index (χ3v) is 7.32. The number of nitrogens with one attached hydrogen (secondary N) is 2. The quantitative estimate of drug-likeness (QED) is 0.169. The summed E-state index contributed by atoms with van der Waals surface area (Å²) in [6.07, 6.45) is 1.77. The molecule has 3 aromatic carbocycles. The molecule has 1 fully saturated rings. The van der Waals surface area contributed by atoms with Gasteiger partial charge in [-0.1, -0.05) is 24.3 Å². The van der Waals surface area contributed by atoms with Crippen LogP contribution >= 0.6 is 12.2 Å². The highest BCUT2D eigenvalue weighted by Gasteiger charge is 2.42. The summed E-state index contributed by atoms with van der Waals surface area (Å²) in [7, 11) is 0. The van der Waals surface area contributed by atoms with E-state index in [4.69, 9.17) is 26.1 Å². The second-order valence-electron chi connectivity index (χ2n) is 9.85. The molecule has 0 radical (unpaired) electrons. The van der Waals surface area contributed by atoms with Crippen LogP contribution in [0.2, 0.25) is 0 Å². The number of carbonyl (C=O) groups is 1. The molecule has 9 heteroatoms. The number of thiocarbonyl (C=S) groups is 1. The number of hydrogen-bond acceptors (Lipinski definition) is 6. The SMILES string of the molecule is CCOc1ccc(-c2ccc(C3C(c4ccccn4)NC(=S)N3c3ccc(NC(=O)COc4ccccc4)cc3)o2)cc1. The molecule has 3 heterocycles. The summed E-state index contributed by atoms with van der Waals surface area (Å²) in [6, 6.07) is 33.8. The lowest BCUT2D eigenvalue weighted by Gasteiger charge is -2.26. The molecule has 2 aromatic heterocycles. The summed E-state index contributed by atoms with van der Waals surface area (Å²) in [5.41, 5.74) is 3.29. The summed E-state index contributed by atoms with van der Waals surface area (Å²) in [6.45, 7) is 2.48. The van der Waals surface area contributed by atoms with E-state index in [9.17, 15) is 4.79 Å². The largest absolute Gasteiger partial charge is 0.494 e. The summed E-state index contributed by atoms with van der Waals surface area (Å²) >= 11 is 5.84. The Morgan fingerprint density at radius 3 is 2.37 bits per heavy atom. The first-order chi connectivity index (χ1) is 21.1. The van der Waals surface area contributed by atoms with Gasteiger partial charge in [-0.05, 0) is 104 Å². The van der Waals surface area contributed by atoms with Crippen LogP contribution in [-0.4, -0.2) is 29.2 Å². The molecule has 0 bridgehead atoms. The van der Waals surface area contributed by atoms with Gasteiger partial charge in [0.1, 0.15) is 29.1 Å². The van der Waals surface area contributed by atoms with Crippen molar-refractivity contribution in [2.24, 2.45) is 0 Å². The number of benzene rings is 3. The number of pyridine rings is 1. The van der Waals surface area contributed by atoms with E-state index < -0.39 is 0 Å². The molecular weight excluding hydrogens is 560 g/mol. The maximum atomic E-state index is 12.5. The highest BCUT2D eigenvalue weighted by Crippen LogP contribution is 2.43. The molecule has 2 unspecified atom stereocenters. The number of nitrogens with zero attached hydrogens (tertiary/aromatic N) is 2. The van der Waals surface area contributed by atoms with Gasteiger partial charge in [0.2, 0.25) is 0 Å². The van der Waals surface area contributed by atoms with Crippen molar-refractivity contribution < 1.29 is 18.7 Å². The van der Waals surface area contributed by atoms with Gasteiger partial charge in [-0.3, -0.25) is 9.78 Å². The lowest BCUT2D eigenvalue weighted by atomic mass is 10.0. The molecule has 2 atom stereocenters. The zero-order chi connectivity index (χ0) is 29.6. The van der Waals surface area contributed by atoms with Crippen molar-refractivity contribution in [3.8, 4) is 22.8 Å². The zero-order valence-electron chi connectivity index (χ0n) is 23.5. The Morgan fingerprint density at radius 1 is 0.907 bits per heavy atom. The van der Waals surface area contributed by atoms with Gasteiger partial charge < -0.3 is 29.4 Å². The third kappa shape index (κ3) is 6.37. The number of amides is 1. The molecule has 0 spiro atoms. The van der Waals surface area contributed by atoms with Crippen LogP contribution in [0.3, 0.4) is 0 Å². The molecule has 1 amide bonds. The summed E-state index contributed by atoms with van der Waals surface area (Å²) in [5, 5.41) is 6.88. The molecular formula is C34H30N4O4S. The topological polar surface area (TPSA) is 88.9 Å². The minimum absolute atomic E-state index is 0.0884. The number of hydrogen-bond donors (Lipinski definition) is 2. The average Bonchev–Trinajstić information content (AvgIpc) is 3.67. The number of furan rings is 1. The van der Waals surface area contributed by atoms with Crippen LogP contribution in [-0.2, 0) is 4.79 Å². The molecule has 43 heavy (non-hydrogen) atoms. The van der Waals surface area contributed by atoms with Gasteiger partial charge in [0.25, 0.3) is 5.91 Å². The van der Waals surface area contributed by atoms with E-state index in [1.165, 1.54) is 0 Å². The number of carbonyl (C=O) groups excluding carboxylic acids is 1. The van der Waals surface area contributed by atoms with E-state index in [0.29, 0.717) is 23.2 Å². The van der Waals surface area contributed by atoms with Crippen molar-refractivity contribution in [3.05, 3.63) is 127 Å². The van der Waals surface area contributed by atoms with E-state index in [2.05, 4.69) is 15.6 Å². The van der Waals surface area contributed by atoms with Gasteiger partial charge >= 0.3 is 0 Å². The molecule has 8 nitrogen and oxygen atoms in total. The van der Waals surface area contributed by atoms with E-state index in [0.717, 1.165) is 34.2 Å². The molecule has 1 saturated heterocycles. The van der Waals surface area contributed by atoms with E-state index in [-0.39, 0.29) is 24.6 Å². The number of anilines is 2. The molecule has 5 aromatic rings. The second kappa shape index (κ2) is 12.8. The van der Waals surface area contributed by atoms with Crippen molar-refractivity contribution in [1.82, 2.24) is 10.3 Å². The molecule has 0 saturated carbocycles. The highest BCUT2D eigenvalue weighted by molar-refractivity contribution is 7.80. The molecule has 1 aliphatic heterocycles. The summed E-state index contributed by atoms with van der Waals surface area (Å²) in [4.78, 5) is 19.1. The van der Waals surface area contributed by atoms with Crippen molar-refractivity contribution in [1.29, 1.82) is 0 Å². The summed E-state index contributed by atoms with van der Waals surface area (Å²) < 4.78 is 17.6. The van der Waals surface area contributed by atoms with E-state index in [1.807, 2.05) is 121 Å². The van der Waals surface area contributed by atoms with Crippen LogP contribution in [0.15, 0.2) is 120 Å². The zero-order valence-corrected chi connectivity index (χ0v) is 24.3. The number of ether oxygens (including phenoxy) is 2. The minimum atomic E-state index is -0.307. The summed E-state index contributed by atoms with van der Waals surface area (Å²) in [5.74, 6) is 2.68. The number of aromatic nitrogens is 1. The average molecular weight is 591 g/mol. The Balaban J connectivity index is 1.24. The fraction of sp³-hybridized carbons (Fsp3) is 0.147.